The number of carboxylic acid groups (broad SMARTS) is 1. The van der Waals surface area contributed by atoms with Crippen LogP contribution in [0.15, 0.2) is 6.20 Å². The van der Waals surface area contributed by atoms with Crippen molar-refractivity contribution in [3.63, 3.8) is 0 Å². The van der Waals surface area contributed by atoms with Crippen LogP contribution in [0.1, 0.15) is 22.7 Å². The second-order valence-corrected chi connectivity index (χ2v) is 4.24. The maximum atomic E-state index is 12.2. The molecule has 0 aliphatic carbocycles. The highest BCUT2D eigenvalue weighted by Gasteiger charge is 2.30. The molecule has 0 spiro atoms. The van der Waals surface area contributed by atoms with Crippen LogP contribution in [0, 0.1) is 6.92 Å². The van der Waals surface area contributed by atoms with Crippen molar-refractivity contribution in [2.75, 3.05) is 19.8 Å². The molecule has 18 heavy (non-hydrogen) atoms. The molecule has 0 aromatic carbocycles. The van der Waals surface area contributed by atoms with Crippen molar-refractivity contribution in [2.45, 2.75) is 19.4 Å². The molecule has 1 aliphatic rings. The molecule has 7 nitrogen and oxygen atoms in total. The van der Waals surface area contributed by atoms with Crippen LogP contribution in [0.4, 0.5) is 0 Å². The molecule has 2 heterocycles. The minimum Gasteiger partial charge on any atom is -0.481 e. The fourth-order valence-electron chi connectivity index (χ4n) is 1.95. The molecule has 1 aliphatic heterocycles. The van der Waals surface area contributed by atoms with Crippen molar-refractivity contribution in [3.8, 4) is 0 Å². The summed E-state index contributed by atoms with van der Waals surface area (Å²) in [5.41, 5.74) is 0.793. The van der Waals surface area contributed by atoms with Gasteiger partial charge in [0.2, 0.25) is 0 Å². The number of amides is 1. The van der Waals surface area contributed by atoms with E-state index in [1.54, 1.807) is 13.1 Å². The Bertz CT molecular complexity index is 457. The van der Waals surface area contributed by atoms with E-state index >= 15 is 0 Å². The first kappa shape index (κ1) is 12.6. The van der Waals surface area contributed by atoms with Crippen LogP contribution < -0.4 is 0 Å². The van der Waals surface area contributed by atoms with Crippen LogP contribution in [0.2, 0.25) is 0 Å². The summed E-state index contributed by atoms with van der Waals surface area (Å²) >= 11 is 0. The fourth-order valence-corrected chi connectivity index (χ4v) is 1.95. The number of H-pyrrole nitrogens is 1. The lowest BCUT2D eigenvalue weighted by Crippen LogP contribution is -2.49. The lowest BCUT2D eigenvalue weighted by atomic mass is 10.1. The van der Waals surface area contributed by atoms with E-state index in [2.05, 4.69) is 9.97 Å². The van der Waals surface area contributed by atoms with Crippen LogP contribution in [-0.4, -0.2) is 57.7 Å². The topological polar surface area (TPSA) is 95.5 Å². The number of aromatic amines is 1. The zero-order valence-corrected chi connectivity index (χ0v) is 10.0. The zero-order valence-electron chi connectivity index (χ0n) is 10.0. The summed E-state index contributed by atoms with van der Waals surface area (Å²) in [6.45, 7) is 2.85. The summed E-state index contributed by atoms with van der Waals surface area (Å²) in [5, 5.41) is 8.82. The number of aryl methyl sites for hydroxylation is 1. The molecular formula is C11H15N3O4. The van der Waals surface area contributed by atoms with E-state index in [1.807, 2.05) is 0 Å². The van der Waals surface area contributed by atoms with E-state index in [4.69, 9.17) is 9.84 Å². The van der Waals surface area contributed by atoms with E-state index < -0.39 is 12.0 Å². The number of hydrogen-bond donors (Lipinski definition) is 2. The Balaban J connectivity index is 2.13. The predicted molar refractivity (Wildman–Crippen MR) is 61.2 cm³/mol. The van der Waals surface area contributed by atoms with Crippen LogP contribution in [0.25, 0.3) is 0 Å². The van der Waals surface area contributed by atoms with Gasteiger partial charge in [0.1, 0.15) is 0 Å². The number of nitrogens with one attached hydrogen (secondary N) is 1. The lowest BCUT2D eigenvalue weighted by molar-refractivity contribution is -0.139. The second kappa shape index (κ2) is 5.18. The van der Waals surface area contributed by atoms with E-state index in [0.717, 1.165) is 5.69 Å². The summed E-state index contributed by atoms with van der Waals surface area (Å²) < 4.78 is 5.22. The summed E-state index contributed by atoms with van der Waals surface area (Å²) in [6, 6.07) is -0.436. The number of carbonyl (C=O) groups excluding carboxylic acids is 1. The van der Waals surface area contributed by atoms with Crippen molar-refractivity contribution in [3.05, 3.63) is 17.7 Å². The highest BCUT2D eigenvalue weighted by molar-refractivity contribution is 5.91. The molecule has 2 rings (SSSR count). The van der Waals surface area contributed by atoms with E-state index in [-0.39, 0.29) is 24.8 Å². The average Bonchev–Trinajstić information content (AvgIpc) is 2.75. The molecule has 1 aromatic rings. The number of nitrogens with zero attached hydrogens (tertiary/aromatic N) is 2. The molecule has 2 N–H and O–H groups in total. The van der Waals surface area contributed by atoms with Gasteiger partial charge in [-0.15, -0.1) is 0 Å². The van der Waals surface area contributed by atoms with Gasteiger partial charge in [0.15, 0.2) is 5.82 Å². The summed E-state index contributed by atoms with van der Waals surface area (Å²) in [6.07, 6.45) is 1.45. The molecule has 1 fully saturated rings. The maximum absolute atomic E-state index is 12.2. The first-order valence-corrected chi connectivity index (χ1v) is 5.70. The van der Waals surface area contributed by atoms with E-state index in [0.29, 0.717) is 13.2 Å². The van der Waals surface area contributed by atoms with Gasteiger partial charge in [0.05, 0.1) is 25.7 Å². The first-order valence-electron chi connectivity index (χ1n) is 5.70. The number of hydrogen-bond acceptors (Lipinski definition) is 4. The number of rotatable bonds is 3. The number of imidazole rings is 1. The van der Waals surface area contributed by atoms with Crippen molar-refractivity contribution in [1.29, 1.82) is 0 Å². The van der Waals surface area contributed by atoms with Gasteiger partial charge in [-0.2, -0.15) is 0 Å². The molecule has 0 unspecified atom stereocenters. The van der Waals surface area contributed by atoms with Crippen molar-refractivity contribution < 1.29 is 19.4 Å². The van der Waals surface area contributed by atoms with Crippen LogP contribution in [-0.2, 0) is 9.53 Å². The minimum atomic E-state index is -0.945. The Kier molecular flexibility index (Phi) is 3.61. The highest BCUT2D eigenvalue weighted by Crippen LogP contribution is 2.13. The average molecular weight is 253 g/mol. The van der Waals surface area contributed by atoms with Gasteiger partial charge in [-0.05, 0) is 6.92 Å². The number of carbonyl (C=O) groups is 2. The van der Waals surface area contributed by atoms with E-state index in [1.165, 1.54) is 4.90 Å². The summed E-state index contributed by atoms with van der Waals surface area (Å²) in [5.74, 6) is -0.985. The molecule has 0 radical (unpaired) electrons. The molecule has 98 valence electrons. The van der Waals surface area contributed by atoms with Gasteiger partial charge in [-0.3, -0.25) is 9.59 Å². The van der Waals surface area contributed by atoms with Gasteiger partial charge in [0, 0.05) is 18.4 Å². The Hall–Kier alpha value is -1.89. The minimum absolute atomic E-state index is 0.120. The number of ether oxygens (including phenoxy) is 1. The zero-order chi connectivity index (χ0) is 13.1. The highest BCUT2D eigenvalue weighted by atomic mass is 16.5. The molecule has 1 atom stereocenters. The van der Waals surface area contributed by atoms with Crippen LogP contribution >= 0.6 is 0 Å². The molecular weight excluding hydrogens is 238 g/mol. The van der Waals surface area contributed by atoms with Crippen LogP contribution in [0.3, 0.4) is 0 Å². The maximum Gasteiger partial charge on any atom is 0.305 e. The second-order valence-electron chi connectivity index (χ2n) is 4.24. The third-order valence-electron chi connectivity index (χ3n) is 2.80. The third-order valence-corrected chi connectivity index (χ3v) is 2.80. The summed E-state index contributed by atoms with van der Waals surface area (Å²) in [4.78, 5) is 31.3. The number of aromatic nitrogens is 2. The number of carboxylic acids is 1. The number of aliphatic carboxylic acids is 1. The Labute approximate surface area is 104 Å². The molecule has 1 amide bonds. The quantitative estimate of drug-likeness (QED) is 0.792. The first-order chi connectivity index (χ1) is 8.58. The van der Waals surface area contributed by atoms with Crippen molar-refractivity contribution >= 4 is 11.9 Å². The SMILES string of the molecule is Cc1cnc(C(=O)N2CCOC[C@@H]2CC(=O)O)[nH]1. The number of morpholine rings is 1. The molecule has 7 heteroatoms. The summed E-state index contributed by atoms with van der Waals surface area (Å²) in [7, 11) is 0. The van der Waals surface area contributed by atoms with Crippen LogP contribution in [0.5, 0.6) is 0 Å². The molecule has 0 bridgehead atoms. The Morgan fingerprint density at radius 1 is 1.67 bits per heavy atom. The third kappa shape index (κ3) is 2.67. The van der Waals surface area contributed by atoms with Gasteiger partial charge in [-0.1, -0.05) is 0 Å². The van der Waals surface area contributed by atoms with Gasteiger partial charge in [0.25, 0.3) is 5.91 Å². The predicted octanol–water partition coefficient (Wildman–Crippen LogP) is 0.0338. The fraction of sp³-hybridized carbons (Fsp3) is 0.545. The molecule has 1 saturated heterocycles. The molecule has 0 saturated carbocycles. The van der Waals surface area contributed by atoms with E-state index in [9.17, 15) is 9.59 Å². The van der Waals surface area contributed by atoms with Gasteiger partial charge < -0.3 is 19.7 Å². The largest absolute Gasteiger partial charge is 0.481 e. The monoisotopic (exact) mass is 253 g/mol. The standard InChI is InChI=1S/C11H15N3O4/c1-7-5-12-10(13-7)11(17)14-2-3-18-6-8(14)4-9(15)16/h5,8H,2-4,6H2,1H3,(H,12,13)(H,15,16)/t8-/m0/s1. The van der Waals surface area contributed by atoms with Crippen molar-refractivity contribution in [1.82, 2.24) is 14.9 Å². The smallest absolute Gasteiger partial charge is 0.305 e. The van der Waals surface area contributed by atoms with Gasteiger partial charge in [-0.25, -0.2) is 4.98 Å². The molecule has 1 aromatic heterocycles. The Morgan fingerprint density at radius 2 is 2.44 bits per heavy atom. The van der Waals surface area contributed by atoms with Crippen molar-refractivity contribution in [2.24, 2.45) is 0 Å². The van der Waals surface area contributed by atoms with Gasteiger partial charge >= 0.3 is 5.97 Å². The lowest BCUT2D eigenvalue weighted by Gasteiger charge is -2.34. The normalized spacial score (nSPS) is 19.8. The Morgan fingerprint density at radius 3 is 3.06 bits per heavy atom.